The Morgan fingerprint density at radius 2 is 1.92 bits per heavy atom. The SMILES string of the molecule is Cc1oncc1C(=O)N1CCN(c2cc(-n3cncn3)ncn2)CC1. The van der Waals surface area contributed by atoms with Crippen LogP contribution in [0.1, 0.15) is 16.1 Å². The van der Waals surface area contributed by atoms with E-state index in [2.05, 4.69) is 30.1 Å². The van der Waals surface area contributed by atoms with E-state index in [0.717, 1.165) is 5.82 Å². The lowest BCUT2D eigenvalue weighted by Crippen LogP contribution is -2.49. The molecule has 0 saturated carbocycles. The van der Waals surface area contributed by atoms with Gasteiger partial charge >= 0.3 is 0 Å². The summed E-state index contributed by atoms with van der Waals surface area (Å²) in [6, 6.07) is 1.86. The number of rotatable bonds is 3. The molecule has 10 heteroatoms. The van der Waals surface area contributed by atoms with Crippen molar-refractivity contribution >= 4 is 11.7 Å². The number of carbonyl (C=O) groups excluding carboxylic acids is 1. The Morgan fingerprint density at radius 1 is 1.12 bits per heavy atom. The summed E-state index contributed by atoms with van der Waals surface area (Å²) in [5.41, 5.74) is 0.518. The molecule has 0 N–H and O–H groups in total. The Balaban J connectivity index is 1.45. The Labute approximate surface area is 143 Å². The number of carbonyl (C=O) groups is 1. The number of anilines is 1. The van der Waals surface area contributed by atoms with Gasteiger partial charge in [-0.05, 0) is 6.92 Å². The summed E-state index contributed by atoms with van der Waals surface area (Å²) in [6.45, 7) is 4.31. The van der Waals surface area contributed by atoms with E-state index in [0.29, 0.717) is 43.3 Å². The zero-order valence-electron chi connectivity index (χ0n) is 13.6. The molecular weight excluding hydrogens is 324 g/mol. The summed E-state index contributed by atoms with van der Waals surface area (Å²) in [5.74, 6) is 1.94. The normalized spacial score (nSPS) is 14.8. The van der Waals surface area contributed by atoms with Gasteiger partial charge in [-0.1, -0.05) is 5.16 Å². The number of piperazine rings is 1. The van der Waals surface area contributed by atoms with Crippen molar-refractivity contribution in [3.63, 3.8) is 0 Å². The second-order valence-electron chi connectivity index (χ2n) is 5.65. The highest BCUT2D eigenvalue weighted by Crippen LogP contribution is 2.17. The molecule has 128 valence electrons. The highest BCUT2D eigenvalue weighted by molar-refractivity contribution is 5.94. The minimum absolute atomic E-state index is 0.0515. The fraction of sp³-hybridized carbons (Fsp3) is 0.333. The van der Waals surface area contributed by atoms with E-state index in [-0.39, 0.29) is 5.91 Å². The fourth-order valence-corrected chi connectivity index (χ4v) is 2.77. The zero-order chi connectivity index (χ0) is 17.2. The number of hydrogen-bond acceptors (Lipinski definition) is 8. The lowest BCUT2D eigenvalue weighted by molar-refractivity contribution is 0.0744. The van der Waals surface area contributed by atoms with Gasteiger partial charge in [0.1, 0.15) is 36.1 Å². The first-order valence-electron chi connectivity index (χ1n) is 7.85. The van der Waals surface area contributed by atoms with E-state index >= 15 is 0 Å². The summed E-state index contributed by atoms with van der Waals surface area (Å²) in [5, 5.41) is 7.74. The van der Waals surface area contributed by atoms with Crippen molar-refractivity contribution in [2.75, 3.05) is 31.1 Å². The monoisotopic (exact) mass is 340 g/mol. The molecule has 0 bridgehead atoms. The van der Waals surface area contributed by atoms with Crippen LogP contribution < -0.4 is 4.90 Å². The third-order valence-electron chi connectivity index (χ3n) is 4.16. The number of amides is 1. The van der Waals surface area contributed by atoms with Crippen LogP contribution in [0.25, 0.3) is 5.82 Å². The topological polar surface area (TPSA) is 106 Å². The van der Waals surface area contributed by atoms with Crippen molar-refractivity contribution in [1.82, 2.24) is 34.8 Å². The lowest BCUT2D eigenvalue weighted by atomic mass is 10.2. The Kier molecular flexibility index (Phi) is 3.84. The predicted molar refractivity (Wildman–Crippen MR) is 86.3 cm³/mol. The van der Waals surface area contributed by atoms with Crippen LogP contribution in [0.3, 0.4) is 0 Å². The van der Waals surface area contributed by atoms with Crippen LogP contribution in [-0.4, -0.2) is 66.9 Å². The molecule has 4 rings (SSSR count). The van der Waals surface area contributed by atoms with Crippen LogP contribution in [0, 0.1) is 6.92 Å². The third kappa shape index (κ3) is 2.93. The van der Waals surface area contributed by atoms with Gasteiger partial charge in [-0.25, -0.2) is 19.6 Å². The minimum Gasteiger partial charge on any atom is -0.361 e. The highest BCUT2D eigenvalue weighted by atomic mass is 16.5. The maximum absolute atomic E-state index is 12.5. The summed E-state index contributed by atoms with van der Waals surface area (Å²) < 4.78 is 6.56. The van der Waals surface area contributed by atoms with Gasteiger partial charge in [0.2, 0.25) is 0 Å². The van der Waals surface area contributed by atoms with Crippen molar-refractivity contribution in [3.05, 3.63) is 42.6 Å². The van der Waals surface area contributed by atoms with Gasteiger partial charge in [-0.2, -0.15) is 5.10 Å². The van der Waals surface area contributed by atoms with Crippen molar-refractivity contribution in [1.29, 1.82) is 0 Å². The molecule has 0 aliphatic carbocycles. The van der Waals surface area contributed by atoms with Gasteiger partial charge in [-0.15, -0.1) is 0 Å². The molecule has 0 atom stereocenters. The third-order valence-corrected chi connectivity index (χ3v) is 4.16. The molecule has 0 radical (unpaired) electrons. The molecule has 0 unspecified atom stereocenters. The van der Waals surface area contributed by atoms with Crippen LogP contribution in [-0.2, 0) is 0 Å². The molecule has 25 heavy (non-hydrogen) atoms. The maximum Gasteiger partial charge on any atom is 0.259 e. The second kappa shape index (κ2) is 6.30. The number of aryl methyl sites for hydroxylation is 1. The maximum atomic E-state index is 12.5. The van der Waals surface area contributed by atoms with Gasteiger partial charge in [0.15, 0.2) is 5.82 Å². The van der Waals surface area contributed by atoms with Gasteiger partial charge in [0, 0.05) is 32.2 Å². The molecule has 1 fully saturated rings. The Morgan fingerprint density at radius 3 is 2.60 bits per heavy atom. The number of hydrogen-bond donors (Lipinski definition) is 0. The molecular formula is C15H16N8O2. The summed E-state index contributed by atoms with van der Waals surface area (Å²) >= 11 is 0. The molecule has 1 saturated heterocycles. The van der Waals surface area contributed by atoms with E-state index in [1.54, 1.807) is 22.8 Å². The number of nitrogens with zero attached hydrogens (tertiary/aromatic N) is 8. The Bertz CT molecular complexity index is 867. The molecule has 3 aromatic heterocycles. The van der Waals surface area contributed by atoms with Crippen molar-refractivity contribution in [2.24, 2.45) is 0 Å². The van der Waals surface area contributed by atoms with Gasteiger partial charge in [0.05, 0.1) is 6.20 Å². The first-order chi connectivity index (χ1) is 12.2. The van der Waals surface area contributed by atoms with Crippen LogP contribution in [0.4, 0.5) is 5.82 Å². The van der Waals surface area contributed by atoms with Crippen LogP contribution >= 0.6 is 0 Å². The van der Waals surface area contributed by atoms with Gasteiger partial charge in [0.25, 0.3) is 5.91 Å². The van der Waals surface area contributed by atoms with Crippen molar-refractivity contribution < 1.29 is 9.32 Å². The average Bonchev–Trinajstić information content (AvgIpc) is 3.33. The van der Waals surface area contributed by atoms with E-state index in [4.69, 9.17) is 4.52 Å². The predicted octanol–water partition coefficient (Wildman–Crippen LogP) is 0.316. The van der Waals surface area contributed by atoms with E-state index in [1.807, 2.05) is 6.07 Å². The van der Waals surface area contributed by atoms with E-state index < -0.39 is 0 Å². The van der Waals surface area contributed by atoms with Gasteiger partial charge in [-0.3, -0.25) is 4.79 Å². The number of aromatic nitrogens is 6. The van der Waals surface area contributed by atoms with Crippen LogP contribution in [0.2, 0.25) is 0 Å². The first-order valence-corrected chi connectivity index (χ1v) is 7.85. The highest BCUT2D eigenvalue weighted by Gasteiger charge is 2.25. The molecule has 3 aromatic rings. The Hall–Kier alpha value is -3.30. The van der Waals surface area contributed by atoms with Crippen molar-refractivity contribution in [2.45, 2.75) is 6.92 Å². The molecule has 1 aliphatic heterocycles. The summed E-state index contributed by atoms with van der Waals surface area (Å²) in [6.07, 6.45) is 6.02. The summed E-state index contributed by atoms with van der Waals surface area (Å²) in [4.78, 5) is 28.9. The molecule has 4 heterocycles. The minimum atomic E-state index is -0.0515. The van der Waals surface area contributed by atoms with E-state index in [1.165, 1.54) is 18.9 Å². The van der Waals surface area contributed by atoms with Crippen LogP contribution in [0.15, 0.2) is 35.8 Å². The largest absolute Gasteiger partial charge is 0.361 e. The first kappa shape index (κ1) is 15.2. The van der Waals surface area contributed by atoms with Gasteiger partial charge < -0.3 is 14.3 Å². The fourth-order valence-electron chi connectivity index (χ4n) is 2.77. The lowest BCUT2D eigenvalue weighted by Gasteiger charge is -2.35. The van der Waals surface area contributed by atoms with E-state index in [9.17, 15) is 4.79 Å². The standard InChI is InChI=1S/C15H16N8O2/c1-11-12(7-20-25-11)15(24)22-4-2-21(3-5-22)13-6-14(18-9-17-13)23-10-16-8-19-23/h6-10H,2-5H2,1H3. The molecule has 10 nitrogen and oxygen atoms in total. The van der Waals surface area contributed by atoms with Crippen LogP contribution in [0.5, 0.6) is 0 Å². The van der Waals surface area contributed by atoms with Crippen molar-refractivity contribution in [3.8, 4) is 5.82 Å². The molecule has 1 amide bonds. The second-order valence-corrected chi connectivity index (χ2v) is 5.65. The average molecular weight is 340 g/mol. The smallest absolute Gasteiger partial charge is 0.259 e. The quantitative estimate of drug-likeness (QED) is 0.671. The zero-order valence-corrected chi connectivity index (χ0v) is 13.6. The molecule has 0 aromatic carbocycles. The molecule has 1 aliphatic rings. The molecule has 0 spiro atoms. The summed E-state index contributed by atoms with van der Waals surface area (Å²) in [7, 11) is 0.